The van der Waals surface area contributed by atoms with Crippen LogP contribution in [0.1, 0.15) is 0 Å². The number of rotatable bonds is 0. The van der Waals surface area contributed by atoms with Crippen molar-refractivity contribution < 1.29 is 14.5 Å². The molecule has 2 aliphatic rings. The van der Waals surface area contributed by atoms with E-state index < -0.39 is 6.92 Å². The fourth-order valence-corrected chi connectivity index (χ4v) is 7.01. The quantitative estimate of drug-likeness (QED) is 0.0936. The molecule has 216 valence electrons. The van der Waals surface area contributed by atoms with Crippen molar-refractivity contribution >= 4 is 94.9 Å². The molecular weight excluding hydrogens is 905 g/mol. The van der Waals surface area contributed by atoms with Gasteiger partial charge in [-0.3, -0.25) is 0 Å². The van der Waals surface area contributed by atoms with Crippen LogP contribution >= 0.6 is 77.0 Å². The second-order valence-electron chi connectivity index (χ2n) is 9.92. The second-order valence-corrected chi connectivity index (χ2v) is 14.1. The van der Waals surface area contributed by atoms with Crippen LogP contribution in [0.4, 0.5) is 0 Å². The Morgan fingerprint density at radius 1 is 0.455 bits per heavy atom. The van der Waals surface area contributed by atoms with Crippen LogP contribution in [0.2, 0.25) is 0 Å². The Hall–Kier alpha value is -2.64. The van der Waals surface area contributed by atoms with Gasteiger partial charge in [-0.05, 0) is 122 Å². The zero-order valence-electron chi connectivity index (χ0n) is 23.1. The highest BCUT2D eigenvalue weighted by molar-refractivity contribution is 14.1. The molecule has 2 heterocycles. The van der Waals surface area contributed by atoms with Crippen LogP contribution in [0.3, 0.4) is 0 Å². The topological polar surface area (TPSA) is 38.7 Å². The van der Waals surface area contributed by atoms with Gasteiger partial charge in [0.15, 0.2) is 0 Å². The SMILES string of the molecule is Brc1ccc(I)c(I)c1.Brc1ccc2c(c1)-c1ccccc1Oc1ccccc1-2.OB1c2ccccc2Oc2ccccc21. The van der Waals surface area contributed by atoms with Crippen LogP contribution in [0, 0.1) is 7.14 Å². The van der Waals surface area contributed by atoms with Crippen molar-refractivity contribution in [3.05, 3.63) is 150 Å². The van der Waals surface area contributed by atoms with Gasteiger partial charge in [0.2, 0.25) is 0 Å². The van der Waals surface area contributed by atoms with Crippen molar-refractivity contribution in [2.45, 2.75) is 0 Å². The highest BCUT2D eigenvalue weighted by Crippen LogP contribution is 2.46. The molecule has 6 aromatic rings. The van der Waals surface area contributed by atoms with E-state index in [1.165, 1.54) is 18.3 Å². The zero-order chi connectivity index (χ0) is 30.6. The molecule has 44 heavy (non-hydrogen) atoms. The Labute approximate surface area is 301 Å². The van der Waals surface area contributed by atoms with E-state index in [0.717, 1.165) is 54.0 Å². The van der Waals surface area contributed by atoms with E-state index in [1.54, 1.807) is 0 Å². The first kappa shape index (κ1) is 31.4. The van der Waals surface area contributed by atoms with E-state index >= 15 is 0 Å². The van der Waals surface area contributed by atoms with Gasteiger partial charge in [0.25, 0.3) is 0 Å². The average Bonchev–Trinajstić information content (AvgIpc) is 3.18. The number of hydrogen-bond acceptors (Lipinski definition) is 3. The summed E-state index contributed by atoms with van der Waals surface area (Å²) in [6, 6.07) is 44.1. The lowest BCUT2D eigenvalue weighted by atomic mass is 9.54. The predicted molar refractivity (Wildman–Crippen MR) is 205 cm³/mol. The molecular formula is C36H23BBr2I2O3. The zero-order valence-corrected chi connectivity index (χ0v) is 30.5. The van der Waals surface area contributed by atoms with Crippen molar-refractivity contribution in [2.24, 2.45) is 0 Å². The van der Waals surface area contributed by atoms with Crippen LogP contribution in [0.25, 0.3) is 22.3 Å². The molecule has 1 N–H and O–H groups in total. The third-order valence-electron chi connectivity index (χ3n) is 7.08. The van der Waals surface area contributed by atoms with Crippen molar-refractivity contribution in [3.8, 4) is 45.3 Å². The molecule has 0 spiro atoms. The summed E-state index contributed by atoms with van der Waals surface area (Å²) in [5.74, 6) is 3.28. The second kappa shape index (κ2) is 14.2. The molecule has 0 bridgehead atoms. The van der Waals surface area contributed by atoms with Crippen LogP contribution in [-0.4, -0.2) is 11.9 Å². The third kappa shape index (κ3) is 6.94. The van der Waals surface area contributed by atoms with E-state index in [0.29, 0.717) is 0 Å². The van der Waals surface area contributed by atoms with Crippen molar-refractivity contribution in [2.75, 3.05) is 0 Å². The molecule has 0 unspecified atom stereocenters. The Bertz CT molecular complexity index is 1920. The molecule has 8 heteroatoms. The van der Waals surface area contributed by atoms with Gasteiger partial charge in [0.05, 0.1) is 0 Å². The molecule has 0 aromatic heterocycles. The molecule has 0 saturated carbocycles. The number of fused-ring (bicyclic) bond motifs is 7. The Kier molecular flexibility index (Phi) is 10.1. The molecule has 0 amide bonds. The molecule has 2 aliphatic heterocycles. The summed E-state index contributed by atoms with van der Waals surface area (Å²) in [5, 5.41) is 10.1. The fraction of sp³-hybridized carbons (Fsp3) is 0. The largest absolute Gasteiger partial charge is 0.458 e. The summed E-state index contributed by atoms with van der Waals surface area (Å²) in [7, 11) is 0. The summed E-state index contributed by atoms with van der Waals surface area (Å²) in [6.07, 6.45) is 0. The van der Waals surface area contributed by atoms with Gasteiger partial charge in [0.1, 0.15) is 23.0 Å². The molecule has 0 aliphatic carbocycles. The molecule has 0 saturated heterocycles. The minimum absolute atomic E-state index is 0.578. The number of halogens is 4. The van der Waals surface area contributed by atoms with Crippen molar-refractivity contribution in [1.29, 1.82) is 0 Å². The lowest BCUT2D eigenvalue weighted by Crippen LogP contribution is -2.46. The van der Waals surface area contributed by atoms with Gasteiger partial charge in [-0.15, -0.1) is 0 Å². The van der Waals surface area contributed by atoms with Gasteiger partial charge in [-0.1, -0.05) is 111 Å². The first-order valence-corrected chi connectivity index (χ1v) is 17.4. The standard InChI is InChI=1S/C18H11BrO.C12H9BO2.C6H3BrI2/c19-12-9-10-13-14-5-1-3-7-17(14)20-18-8-4-2-6-15(18)16(13)11-12;14-13-9-5-1-3-7-11(9)15-12-8-4-2-6-10(12)13;7-4-1-2-5(8)6(9)3-4/h1-11H;1-8,14H;1-3H. The van der Waals surface area contributed by atoms with E-state index in [-0.39, 0.29) is 0 Å². The van der Waals surface area contributed by atoms with Gasteiger partial charge in [0, 0.05) is 27.2 Å². The maximum atomic E-state index is 10.1. The van der Waals surface area contributed by atoms with E-state index in [1.807, 2.05) is 91.0 Å². The molecule has 6 aromatic carbocycles. The van der Waals surface area contributed by atoms with Crippen LogP contribution in [0.15, 0.2) is 142 Å². The highest BCUT2D eigenvalue weighted by atomic mass is 127. The Morgan fingerprint density at radius 2 is 0.909 bits per heavy atom. The summed E-state index contributed by atoms with van der Waals surface area (Å²) in [6.45, 7) is -0.578. The first-order valence-electron chi connectivity index (χ1n) is 13.7. The van der Waals surface area contributed by atoms with Gasteiger partial charge in [-0.2, -0.15) is 0 Å². The van der Waals surface area contributed by atoms with Crippen LogP contribution in [0.5, 0.6) is 23.0 Å². The number of hydrogen-bond donors (Lipinski definition) is 1. The van der Waals surface area contributed by atoms with E-state index in [4.69, 9.17) is 9.47 Å². The minimum Gasteiger partial charge on any atom is -0.458 e. The normalized spacial score (nSPS) is 11.6. The average molecular weight is 928 g/mol. The number of ether oxygens (including phenoxy) is 2. The predicted octanol–water partition coefficient (Wildman–Crippen LogP) is 10.4. The summed E-state index contributed by atoms with van der Waals surface area (Å²) < 4.78 is 16.6. The first-order chi connectivity index (χ1) is 21.4. The number of para-hydroxylation sites is 4. The molecule has 0 atom stereocenters. The third-order valence-corrected chi connectivity index (χ3v) is 10.9. The van der Waals surface area contributed by atoms with E-state index in [9.17, 15) is 5.02 Å². The summed E-state index contributed by atoms with van der Waals surface area (Å²) in [4.78, 5) is 0. The lowest BCUT2D eigenvalue weighted by molar-refractivity contribution is 0.480. The van der Waals surface area contributed by atoms with Gasteiger partial charge >= 0.3 is 6.92 Å². The van der Waals surface area contributed by atoms with Gasteiger partial charge in [-0.25, -0.2) is 0 Å². The molecule has 3 nitrogen and oxygen atoms in total. The maximum Gasteiger partial charge on any atom is 0.366 e. The van der Waals surface area contributed by atoms with Crippen LogP contribution < -0.4 is 20.4 Å². The monoisotopic (exact) mass is 926 g/mol. The summed E-state index contributed by atoms with van der Waals surface area (Å²) in [5.41, 5.74) is 6.31. The van der Waals surface area contributed by atoms with Gasteiger partial charge < -0.3 is 14.5 Å². The molecule has 0 radical (unpaired) electrons. The fourth-order valence-electron chi connectivity index (χ4n) is 5.00. The summed E-state index contributed by atoms with van der Waals surface area (Å²) >= 11 is 11.6. The Balaban J connectivity index is 0.000000126. The maximum absolute atomic E-state index is 10.1. The Morgan fingerprint density at radius 3 is 1.48 bits per heavy atom. The smallest absolute Gasteiger partial charge is 0.366 e. The van der Waals surface area contributed by atoms with Crippen molar-refractivity contribution in [3.63, 3.8) is 0 Å². The molecule has 0 fully saturated rings. The van der Waals surface area contributed by atoms with E-state index in [2.05, 4.69) is 120 Å². The molecule has 8 rings (SSSR count). The number of benzene rings is 6. The van der Waals surface area contributed by atoms with Crippen LogP contribution in [-0.2, 0) is 0 Å². The van der Waals surface area contributed by atoms with Crippen molar-refractivity contribution in [1.82, 2.24) is 0 Å². The minimum atomic E-state index is -0.578. The lowest BCUT2D eigenvalue weighted by Gasteiger charge is -2.21. The highest BCUT2D eigenvalue weighted by Gasteiger charge is 2.29.